The Bertz CT molecular complexity index is 687. The molecule has 12 nitrogen and oxygen atoms in total. The zero-order chi connectivity index (χ0) is 33.3. The Morgan fingerprint density at radius 1 is 0.558 bits per heavy atom. The number of rotatable bonds is 28. The van der Waals surface area contributed by atoms with Gasteiger partial charge in [-0.25, -0.2) is 0 Å². The summed E-state index contributed by atoms with van der Waals surface area (Å²) in [5, 5.41) is 10.7. The van der Waals surface area contributed by atoms with E-state index in [1.807, 2.05) is 55.4 Å². The second-order valence-electron chi connectivity index (χ2n) is 13.8. The molecule has 0 amide bonds. The Balaban J connectivity index is 5.46. The van der Waals surface area contributed by atoms with E-state index in [4.69, 9.17) is 57.1 Å². The number of hydrogen-bond acceptors (Lipinski definition) is 13. The van der Waals surface area contributed by atoms with Crippen LogP contribution in [0.2, 0.25) is 0 Å². The Labute approximate surface area is 266 Å². The maximum atomic E-state index is 10.7. The van der Waals surface area contributed by atoms with Crippen molar-refractivity contribution in [2.24, 2.45) is 34.1 Å². The summed E-state index contributed by atoms with van der Waals surface area (Å²) in [5.41, 5.74) is 25.4. The van der Waals surface area contributed by atoms with Crippen LogP contribution in [0.1, 0.15) is 87.5 Å². The third kappa shape index (κ3) is 21.3. The van der Waals surface area contributed by atoms with Crippen molar-refractivity contribution in [3.05, 3.63) is 0 Å². The SMILES string of the molecule is CC(C)(CCN)OCCC(C)(N)OCC(CO)(COC(C)(C)CCOCSCN)COC(C)(C)CCOC(C)(N)CCN. The predicted octanol–water partition coefficient (Wildman–Crippen LogP) is 2.23. The first kappa shape index (κ1) is 42.9. The predicted molar refractivity (Wildman–Crippen MR) is 175 cm³/mol. The van der Waals surface area contributed by atoms with Crippen molar-refractivity contribution in [2.45, 2.75) is 116 Å². The molecule has 0 aromatic heterocycles. The normalized spacial score (nSPS) is 17.4. The van der Waals surface area contributed by atoms with Crippen LogP contribution < -0.4 is 28.7 Å². The number of ether oxygens (including phenoxy) is 6. The molecule has 3 unspecified atom stereocenters. The van der Waals surface area contributed by atoms with Gasteiger partial charge in [-0.3, -0.25) is 0 Å². The Morgan fingerprint density at radius 2 is 1.02 bits per heavy atom. The van der Waals surface area contributed by atoms with Crippen LogP contribution in [-0.4, -0.2) is 105 Å². The van der Waals surface area contributed by atoms with Crippen LogP contribution in [0.4, 0.5) is 0 Å². The standard InChI is InChI=1S/C30H67N5O7S/c1-25(2,9-14-31)38-18-13-29(8,35)42-22-30(19-36,20-40-26(3,4)11-16-37-24-43-23-33)21-41-27(5,6)12-17-39-28(7,34)10-15-32/h36H,9-24,31-35H2,1-8H3. The Kier molecular flexibility index (Phi) is 20.1. The van der Waals surface area contributed by atoms with Gasteiger partial charge in [0.05, 0.1) is 74.4 Å². The molecule has 0 fully saturated rings. The van der Waals surface area contributed by atoms with E-state index in [-0.39, 0.29) is 32.0 Å². The lowest BCUT2D eigenvalue weighted by atomic mass is 9.90. The van der Waals surface area contributed by atoms with Gasteiger partial charge in [0.15, 0.2) is 0 Å². The first-order valence-electron chi connectivity index (χ1n) is 15.4. The minimum atomic E-state index is -0.999. The third-order valence-electron chi connectivity index (χ3n) is 7.33. The molecule has 0 heterocycles. The van der Waals surface area contributed by atoms with Crippen LogP contribution in [0.15, 0.2) is 0 Å². The summed E-state index contributed by atoms with van der Waals surface area (Å²) in [6.45, 7) is 18.1. The lowest BCUT2D eigenvalue weighted by Gasteiger charge is -2.40. The van der Waals surface area contributed by atoms with Crippen molar-refractivity contribution >= 4 is 11.8 Å². The fourth-order valence-corrected chi connectivity index (χ4v) is 4.15. The maximum absolute atomic E-state index is 10.7. The van der Waals surface area contributed by atoms with Crippen LogP contribution in [0.5, 0.6) is 0 Å². The topological polar surface area (TPSA) is 206 Å². The number of thioether (sulfide) groups is 1. The van der Waals surface area contributed by atoms with Crippen molar-refractivity contribution in [1.29, 1.82) is 0 Å². The molecule has 0 radical (unpaired) electrons. The molecule has 0 aromatic carbocycles. The molecule has 43 heavy (non-hydrogen) atoms. The summed E-state index contributed by atoms with van der Waals surface area (Å²) in [6.07, 6.45) is 2.99. The molecule has 3 atom stereocenters. The van der Waals surface area contributed by atoms with Gasteiger partial charge in [-0.2, -0.15) is 0 Å². The summed E-state index contributed by atoms with van der Waals surface area (Å²) in [7, 11) is 0. The zero-order valence-electron chi connectivity index (χ0n) is 28.5. The average Bonchev–Trinajstić information content (AvgIpc) is 2.88. The summed E-state index contributed by atoms with van der Waals surface area (Å²) >= 11 is 1.52. The van der Waals surface area contributed by atoms with Crippen molar-refractivity contribution in [1.82, 2.24) is 0 Å². The van der Waals surface area contributed by atoms with Crippen LogP contribution in [0.3, 0.4) is 0 Å². The van der Waals surface area contributed by atoms with Crippen molar-refractivity contribution < 1.29 is 33.5 Å². The Morgan fingerprint density at radius 3 is 1.53 bits per heavy atom. The van der Waals surface area contributed by atoms with Gasteiger partial charge >= 0.3 is 0 Å². The molecular formula is C30H67N5O7S. The van der Waals surface area contributed by atoms with E-state index >= 15 is 0 Å². The van der Waals surface area contributed by atoms with Crippen LogP contribution >= 0.6 is 11.8 Å². The molecule has 0 bridgehead atoms. The van der Waals surface area contributed by atoms with E-state index in [0.29, 0.717) is 70.4 Å². The van der Waals surface area contributed by atoms with Gasteiger partial charge in [0.25, 0.3) is 0 Å². The van der Waals surface area contributed by atoms with Crippen molar-refractivity contribution in [3.63, 3.8) is 0 Å². The highest BCUT2D eigenvalue weighted by molar-refractivity contribution is 7.99. The molecule has 0 rings (SSSR count). The largest absolute Gasteiger partial charge is 0.396 e. The fourth-order valence-electron chi connectivity index (χ4n) is 3.82. The summed E-state index contributed by atoms with van der Waals surface area (Å²) in [4.78, 5) is 0. The summed E-state index contributed by atoms with van der Waals surface area (Å²) in [5.74, 6) is 1.05. The first-order valence-corrected chi connectivity index (χ1v) is 16.6. The highest BCUT2D eigenvalue weighted by Crippen LogP contribution is 2.29. The quantitative estimate of drug-likeness (QED) is 0.0536. The first-order chi connectivity index (χ1) is 19.8. The molecular weight excluding hydrogens is 574 g/mol. The third-order valence-corrected chi connectivity index (χ3v) is 7.90. The number of aliphatic hydroxyl groups is 1. The number of hydrogen-bond donors (Lipinski definition) is 6. The van der Waals surface area contributed by atoms with Crippen LogP contribution in [0.25, 0.3) is 0 Å². The highest BCUT2D eigenvalue weighted by Gasteiger charge is 2.38. The van der Waals surface area contributed by atoms with E-state index in [0.717, 1.165) is 6.42 Å². The van der Waals surface area contributed by atoms with Gasteiger partial charge in [-0.05, 0) is 87.7 Å². The smallest absolute Gasteiger partial charge is 0.116 e. The number of nitrogens with two attached hydrogens (primary N) is 5. The second kappa shape index (κ2) is 20.2. The lowest BCUT2D eigenvalue weighted by Crippen LogP contribution is -2.50. The molecule has 0 saturated carbocycles. The van der Waals surface area contributed by atoms with Gasteiger partial charge in [0.2, 0.25) is 0 Å². The minimum absolute atomic E-state index is 0.117. The van der Waals surface area contributed by atoms with Gasteiger partial charge in [-0.1, -0.05) is 0 Å². The molecule has 0 aliphatic rings. The van der Waals surface area contributed by atoms with E-state index in [2.05, 4.69) is 0 Å². The van der Waals surface area contributed by atoms with Crippen LogP contribution in [-0.2, 0) is 28.4 Å². The molecule has 0 aliphatic heterocycles. The minimum Gasteiger partial charge on any atom is -0.396 e. The van der Waals surface area contributed by atoms with E-state index < -0.39 is 28.1 Å². The van der Waals surface area contributed by atoms with E-state index in [1.54, 1.807) is 0 Å². The van der Waals surface area contributed by atoms with E-state index in [9.17, 15) is 5.11 Å². The highest BCUT2D eigenvalue weighted by atomic mass is 32.2. The zero-order valence-corrected chi connectivity index (χ0v) is 29.3. The molecule has 0 aromatic rings. The van der Waals surface area contributed by atoms with Crippen molar-refractivity contribution in [3.8, 4) is 0 Å². The molecule has 0 saturated heterocycles. The maximum Gasteiger partial charge on any atom is 0.116 e. The molecule has 13 heteroatoms. The average molecular weight is 642 g/mol. The summed E-state index contributed by atoms with van der Waals surface area (Å²) in [6, 6.07) is 0. The summed E-state index contributed by atoms with van der Waals surface area (Å²) < 4.78 is 36.5. The molecule has 0 spiro atoms. The lowest BCUT2D eigenvalue weighted by molar-refractivity contribution is -0.179. The van der Waals surface area contributed by atoms with Gasteiger partial charge in [-0.15, -0.1) is 11.8 Å². The van der Waals surface area contributed by atoms with Crippen LogP contribution in [0, 0.1) is 5.41 Å². The van der Waals surface area contributed by atoms with Gasteiger partial charge in [0, 0.05) is 18.7 Å². The van der Waals surface area contributed by atoms with E-state index in [1.165, 1.54) is 11.8 Å². The molecule has 260 valence electrons. The molecule has 0 aliphatic carbocycles. The van der Waals surface area contributed by atoms with Crippen molar-refractivity contribution in [2.75, 3.05) is 71.2 Å². The van der Waals surface area contributed by atoms with Gasteiger partial charge in [0.1, 0.15) is 11.4 Å². The monoisotopic (exact) mass is 641 g/mol. The second-order valence-corrected chi connectivity index (χ2v) is 14.8. The number of aliphatic hydroxyl groups excluding tert-OH is 1. The molecule has 11 N–H and O–H groups in total. The van der Waals surface area contributed by atoms with Gasteiger partial charge < -0.3 is 62.2 Å². The Hall–Kier alpha value is -0.130. The fraction of sp³-hybridized carbons (Fsp3) is 1.00.